The maximum Gasteiger partial charge on any atom is 0.322 e. The molecular formula is C10H17ClN2O3. The van der Waals surface area contributed by atoms with Crippen LogP contribution in [0.5, 0.6) is 0 Å². The van der Waals surface area contributed by atoms with Crippen LogP contribution < -0.4 is 11.1 Å². The highest BCUT2D eigenvalue weighted by Crippen LogP contribution is 2.46. The topological polar surface area (TPSA) is 81.4 Å². The van der Waals surface area contributed by atoms with Crippen LogP contribution in [0.2, 0.25) is 0 Å². The Morgan fingerprint density at radius 3 is 2.75 bits per heavy atom. The summed E-state index contributed by atoms with van der Waals surface area (Å²) in [5, 5.41) is 2.97. The summed E-state index contributed by atoms with van der Waals surface area (Å²) < 4.78 is 4.53. The molecule has 0 aromatic rings. The minimum Gasteiger partial charge on any atom is -0.468 e. The minimum atomic E-state index is -0.681. The molecule has 5 nitrogen and oxygen atoms in total. The Hall–Kier alpha value is -0.810. The largest absolute Gasteiger partial charge is 0.468 e. The molecule has 1 spiro atoms. The van der Waals surface area contributed by atoms with E-state index < -0.39 is 12.0 Å². The van der Waals surface area contributed by atoms with Crippen molar-refractivity contribution in [3.05, 3.63) is 0 Å². The Bertz CT molecular complexity index is 304. The second kappa shape index (κ2) is 4.59. The van der Waals surface area contributed by atoms with Gasteiger partial charge in [0, 0.05) is 11.5 Å². The summed E-state index contributed by atoms with van der Waals surface area (Å²) in [5.41, 5.74) is 5.68. The monoisotopic (exact) mass is 248 g/mol. The molecule has 2 atom stereocenters. The molecule has 2 rings (SSSR count). The molecule has 1 aliphatic heterocycles. The Morgan fingerprint density at radius 1 is 1.69 bits per heavy atom. The molecular weight excluding hydrogens is 232 g/mol. The molecule has 2 unspecified atom stereocenters. The molecule has 1 saturated heterocycles. The van der Waals surface area contributed by atoms with Crippen LogP contribution in [0.25, 0.3) is 0 Å². The van der Waals surface area contributed by atoms with Gasteiger partial charge in [0.1, 0.15) is 6.04 Å². The quantitative estimate of drug-likeness (QED) is 0.687. The maximum atomic E-state index is 11.6. The van der Waals surface area contributed by atoms with E-state index >= 15 is 0 Å². The van der Waals surface area contributed by atoms with E-state index in [1.165, 1.54) is 7.11 Å². The van der Waals surface area contributed by atoms with Crippen molar-refractivity contribution in [2.75, 3.05) is 7.11 Å². The highest BCUT2D eigenvalue weighted by molar-refractivity contribution is 5.85. The summed E-state index contributed by atoms with van der Waals surface area (Å²) in [6.45, 7) is 0. The van der Waals surface area contributed by atoms with E-state index in [0.29, 0.717) is 6.42 Å². The van der Waals surface area contributed by atoms with Crippen LogP contribution in [0, 0.1) is 5.92 Å². The van der Waals surface area contributed by atoms with Crippen molar-refractivity contribution in [3.8, 4) is 0 Å². The van der Waals surface area contributed by atoms with Gasteiger partial charge < -0.3 is 15.8 Å². The van der Waals surface area contributed by atoms with Gasteiger partial charge in [-0.1, -0.05) is 0 Å². The molecule has 1 amide bonds. The molecule has 0 aromatic heterocycles. The normalized spacial score (nSPS) is 26.9. The van der Waals surface area contributed by atoms with E-state index in [-0.39, 0.29) is 29.8 Å². The lowest BCUT2D eigenvalue weighted by Gasteiger charge is -2.12. The number of hydrogen-bond acceptors (Lipinski definition) is 4. The third-order valence-electron chi connectivity index (χ3n) is 3.29. The molecule has 2 fully saturated rings. The van der Waals surface area contributed by atoms with Crippen molar-refractivity contribution in [2.24, 2.45) is 11.7 Å². The highest BCUT2D eigenvalue weighted by Gasteiger charge is 2.52. The average Bonchev–Trinajstić information content (AvgIpc) is 2.87. The first-order chi connectivity index (χ1) is 7.06. The zero-order valence-corrected chi connectivity index (χ0v) is 10.0. The van der Waals surface area contributed by atoms with Gasteiger partial charge >= 0.3 is 5.97 Å². The number of methoxy groups -OCH3 is 1. The third-order valence-corrected chi connectivity index (χ3v) is 3.29. The van der Waals surface area contributed by atoms with Gasteiger partial charge in [0.25, 0.3) is 0 Å². The number of halogens is 1. The Morgan fingerprint density at radius 2 is 2.31 bits per heavy atom. The fraction of sp³-hybridized carbons (Fsp3) is 0.800. The number of ether oxygens (including phenoxy) is 1. The number of rotatable bonds is 3. The number of carbonyl (C=O) groups excluding carboxylic acids is 2. The molecule has 1 saturated carbocycles. The summed E-state index contributed by atoms with van der Waals surface area (Å²) >= 11 is 0. The van der Waals surface area contributed by atoms with Gasteiger partial charge in [-0.15, -0.1) is 12.4 Å². The van der Waals surface area contributed by atoms with Crippen LogP contribution in [0.1, 0.15) is 25.7 Å². The number of carbonyl (C=O) groups is 2. The van der Waals surface area contributed by atoms with Crippen molar-refractivity contribution < 1.29 is 14.3 Å². The SMILES string of the molecule is COC(=O)C(N)CC1CC2(CC2)NC1=O.Cl. The fourth-order valence-electron chi connectivity index (χ4n) is 2.20. The van der Waals surface area contributed by atoms with Crippen LogP contribution in [0.4, 0.5) is 0 Å². The third kappa shape index (κ3) is 2.47. The first-order valence-electron chi connectivity index (χ1n) is 5.22. The molecule has 0 radical (unpaired) electrons. The zero-order chi connectivity index (χ0) is 11.1. The second-order valence-electron chi connectivity index (χ2n) is 4.54. The molecule has 1 aliphatic carbocycles. The van der Waals surface area contributed by atoms with Crippen LogP contribution >= 0.6 is 12.4 Å². The van der Waals surface area contributed by atoms with Crippen molar-refractivity contribution >= 4 is 24.3 Å². The van der Waals surface area contributed by atoms with Gasteiger partial charge in [0.05, 0.1) is 7.11 Å². The molecule has 92 valence electrons. The predicted octanol–water partition coefficient (Wildman–Crippen LogP) is -0.0327. The van der Waals surface area contributed by atoms with E-state index in [1.807, 2.05) is 0 Å². The van der Waals surface area contributed by atoms with Crippen molar-refractivity contribution in [1.82, 2.24) is 5.32 Å². The molecule has 16 heavy (non-hydrogen) atoms. The average molecular weight is 249 g/mol. The zero-order valence-electron chi connectivity index (χ0n) is 9.19. The van der Waals surface area contributed by atoms with Gasteiger partial charge in [-0.25, -0.2) is 0 Å². The number of esters is 1. The predicted molar refractivity (Wildman–Crippen MR) is 60.1 cm³/mol. The molecule has 0 aromatic carbocycles. The van der Waals surface area contributed by atoms with Crippen LogP contribution in [0.3, 0.4) is 0 Å². The number of amides is 1. The number of hydrogen-bond donors (Lipinski definition) is 2. The van der Waals surface area contributed by atoms with Crippen molar-refractivity contribution in [1.29, 1.82) is 0 Å². The van der Waals surface area contributed by atoms with E-state index in [4.69, 9.17) is 5.73 Å². The number of nitrogens with one attached hydrogen (secondary N) is 1. The van der Waals surface area contributed by atoms with Crippen LogP contribution in [-0.2, 0) is 14.3 Å². The van der Waals surface area contributed by atoms with Gasteiger partial charge in [-0.05, 0) is 25.7 Å². The Kier molecular flexibility index (Phi) is 3.80. The lowest BCUT2D eigenvalue weighted by atomic mass is 9.96. The minimum absolute atomic E-state index is 0. The van der Waals surface area contributed by atoms with Crippen molar-refractivity contribution in [3.63, 3.8) is 0 Å². The lowest BCUT2D eigenvalue weighted by Crippen LogP contribution is -2.35. The summed E-state index contributed by atoms with van der Waals surface area (Å²) in [6, 6.07) is -0.681. The van der Waals surface area contributed by atoms with Gasteiger partial charge in [-0.3, -0.25) is 9.59 Å². The Balaban J connectivity index is 0.00000128. The van der Waals surface area contributed by atoms with E-state index in [9.17, 15) is 9.59 Å². The van der Waals surface area contributed by atoms with E-state index in [2.05, 4.69) is 10.1 Å². The fourth-order valence-corrected chi connectivity index (χ4v) is 2.20. The smallest absolute Gasteiger partial charge is 0.322 e. The van der Waals surface area contributed by atoms with Crippen LogP contribution in [-0.4, -0.2) is 30.6 Å². The summed E-state index contributed by atoms with van der Waals surface area (Å²) in [6.07, 6.45) is 3.32. The molecule has 0 bridgehead atoms. The van der Waals surface area contributed by atoms with Crippen molar-refractivity contribution in [2.45, 2.75) is 37.3 Å². The maximum absolute atomic E-state index is 11.6. The van der Waals surface area contributed by atoms with E-state index in [1.54, 1.807) is 0 Å². The van der Waals surface area contributed by atoms with Gasteiger partial charge in [-0.2, -0.15) is 0 Å². The highest BCUT2D eigenvalue weighted by atomic mass is 35.5. The molecule has 6 heteroatoms. The van der Waals surface area contributed by atoms with Gasteiger partial charge in [0.2, 0.25) is 5.91 Å². The molecule has 1 heterocycles. The van der Waals surface area contributed by atoms with E-state index in [0.717, 1.165) is 19.3 Å². The lowest BCUT2D eigenvalue weighted by molar-refractivity contribution is -0.142. The Labute approximate surface area is 100 Å². The first-order valence-corrected chi connectivity index (χ1v) is 5.22. The summed E-state index contributed by atoms with van der Waals surface area (Å²) in [5.74, 6) is -0.534. The summed E-state index contributed by atoms with van der Waals surface area (Å²) in [4.78, 5) is 22.7. The van der Waals surface area contributed by atoms with Crippen LogP contribution in [0.15, 0.2) is 0 Å². The molecule has 2 aliphatic rings. The summed E-state index contributed by atoms with van der Waals surface area (Å²) in [7, 11) is 1.30. The molecule has 3 N–H and O–H groups in total. The first kappa shape index (κ1) is 13.3. The number of nitrogens with two attached hydrogens (primary N) is 1. The standard InChI is InChI=1S/C10H16N2O3.ClH/c1-15-9(14)7(11)4-6-5-10(2-3-10)12-8(6)13;/h6-7H,2-5,11H2,1H3,(H,12,13);1H. The van der Waals surface area contributed by atoms with Gasteiger partial charge in [0.15, 0.2) is 0 Å². The second-order valence-corrected chi connectivity index (χ2v) is 4.54.